The third-order valence-corrected chi connectivity index (χ3v) is 1.50. The fourth-order valence-electron chi connectivity index (χ4n) is 0.582. The second-order valence-electron chi connectivity index (χ2n) is 2.39. The monoisotopic (exact) mass is 158 g/mol. The van der Waals surface area contributed by atoms with Gasteiger partial charge in [0.15, 0.2) is 0 Å². The van der Waals surface area contributed by atoms with Gasteiger partial charge in [-0.1, -0.05) is 13.8 Å². The first-order valence-electron chi connectivity index (χ1n) is 3.26. The summed E-state index contributed by atoms with van der Waals surface area (Å²) in [4.78, 5) is 0. The molecule has 0 N–H and O–H groups in total. The highest BCUT2D eigenvalue weighted by Crippen LogP contribution is 2.12. The Kier molecular flexibility index (Phi) is 2.39. The fourth-order valence-corrected chi connectivity index (χ4v) is 0.747. The van der Waals surface area contributed by atoms with E-state index in [1.54, 1.807) is 0 Å². The predicted molar refractivity (Wildman–Crippen MR) is 41.8 cm³/mol. The fraction of sp³-hybridized carbons (Fsp3) is 0.667. The van der Waals surface area contributed by atoms with E-state index < -0.39 is 0 Å². The largest absolute Gasteiger partial charge is 0.425 e. The van der Waals surface area contributed by atoms with Crippen molar-refractivity contribution < 1.29 is 4.42 Å². The molecule has 0 radical (unpaired) electrons. The molecule has 10 heavy (non-hydrogen) atoms. The van der Waals surface area contributed by atoms with Crippen LogP contribution in [0.2, 0.25) is 0 Å². The Balaban J connectivity index is 2.78. The molecule has 1 aromatic rings. The molecule has 0 aromatic carbocycles. The van der Waals surface area contributed by atoms with Gasteiger partial charge in [-0.05, 0) is 0 Å². The Labute approximate surface area is 62.4 Å². The first kappa shape index (κ1) is 7.67. The van der Waals surface area contributed by atoms with E-state index >= 15 is 0 Å². The Morgan fingerprint density at radius 3 is 2.50 bits per heavy atom. The Bertz CT molecular complexity index is 209. The van der Waals surface area contributed by atoms with Crippen LogP contribution in [0, 0.1) is 0 Å². The van der Waals surface area contributed by atoms with Crippen molar-refractivity contribution in [1.82, 2.24) is 10.2 Å². The molecule has 1 unspecified atom stereocenters. The summed E-state index contributed by atoms with van der Waals surface area (Å²) in [6, 6.07) is 0. The van der Waals surface area contributed by atoms with Crippen LogP contribution in [0.3, 0.4) is 0 Å². The van der Waals surface area contributed by atoms with Crippen LogP contribution in [0.25, 0.3) is 0 Å². The molecule has 0 amide bonds. The molecule has 0 saturated heterocycles. The van der Waals surface area contributed by atoms with Crippen LogP contribution in [0.5, 0.6) is 0 Å². The molecular formula is C6H11N2OP. The van der Waals surface area contributed by atoms with Crippen molar-refractivity contribution in [3.8, 4) is 0 Å². The molecule has 1 atom stereocenters. The van der Waals surface area contributed by atoms with Gasteiger partial charge in [-0.2, -0.15) is 0 Å². The lowest BCUT2D eigenvalue weighted by Gasteiger charge is -1.92. The summed E-state index contributed by atoms with van der Waals surface area (Å²) in [5.41, 5.74) is 0. The summed E-state index contributed by atoms with van der Waals surface area (Å²) in [5, 5.41) is 7.67. The molecular weight excluding hydrogens is 147 g/mol. The molecule has 1 aromatic heterocycles. The van der Waals surface area contributed by atoms with Gasteiger partial charge in [0.05, 0.1) is 0 Å². The summed E-state index contributed by atoms with van der Waals surface area (Å²) in [6.45, 7) is 4.06. The van der Waals surface area contributed by atoms with Crippen LogP contribution < -0.4 is 0 Å². The molecule has 1 rings (SSSR count). The number of aromatic nitrogens is 2. The van der Waals surface area contributed by atoms with E-state index in [2.05, 4.69) is 19.4 Å². The van der Waals surface area contributed by atoms with E-state index in [4.69, 9.17) is 4.42 Å². The standard InChI is InChI=1S/C6H11N2OP/c1-4(2)6-8-7-5(3-10)9-6/h4H,3,10H2,1-2H3. The zero-order chi connectivity index (χ0) is 7.56. The van der Waals surface area contributed by atoms with E-state index in [-0.39, 0.29) is 0 Å². The van der Waals surface area contributed by atoms with Crippen molar-refractivity contribution in [3.63, 3.8) is 0 Å². The van der Waals surface area contributed by atoms with Crippen molar-refractivity contribution in [3.05, 3.63) is 11.8 Å². The highest BCUT2D eigenvalue weighted by Gasteiger charge is 2.06. The minimum atomic E-state index is 0.331. The zero-order valence-corrected chi connectivity index (χ0v) is 7.32. The van der Waals surface area contributed by atoms with Gasteiger partial charge in [-0.15, -0.1) is 19.4 Å². The minimum Gasteiger partial charge on any atom is -0.425 e. The van der Waals surface area contributed by atoms with Gasteiger partial charge in [0.1, 0.15) is 0 Å². The molecule has 0 aliphatic heterocycles. The Morgan fingerprint density at radius 1 is 1.50 bits per heavy atom. The van der Waals surface area contributed by atoms with Gasteiger partial charge in [0, 0.05) is 12.1 Å². The van der Waals surface area contributed by atoms with Crippen molar-refractivity contribution in [2.24, 2.45) is 0 Å². The first-order chi connectivity index (χ1) is 4.74. The van der Waals surface area contributed by atoms with Gasteiger partial charge in [0.25, 0.3) is 0 Å². The van der Waals surface area contributed by atoms with Crippen LogP contribution in [-0.2, 0) is 6.16 Å². The molecule has 0 spiro atoms. The van der Waals surface area contributed by atoms with E-state index in [0.29, 0.717) is 11.8 Å². The summed E-state index contributed by atoms with van der Waals surface area (Å²) < 4.78 is 5.25. The van der Waals surface area contributed by atoms with E-state index in [9.17, 15) is 0 Å². The average molecular weight is 158 g/mol. The lowest BCUT2D eigenvalue weighted by Crippen LogP contribution is -1.85. The van der Waals surface area contributed by atoms with Gasteiger partial charge in [-0.3, -0.25) is 0 Å². The van der Waals surface area contributed by atoms with Crippen molar-refractivity contribution in [2.75, 3.05) is 0 Å². The van der Waals surface area contributed by atoms with E-state index in [1.807, 2.05) is 13.8 Å². The van der Waals surface area contributed by atoms with Crippen LogP contribution in [0.15, 0.2) is 4.42 Å². The van der Waals surface area contributed by atoms with Gasteiger partial charge in [0.2, 0.25) is 11.8 Å². The second kappa shape index (κ2) is 3.11. The summed E-state index contributed by atoms with van der Waals surface area (Å²) in [7, 11) is 2.54. The molecule has 3 nitrogen and oxygen atoms in total. The minimum absolute atomic E-state index is 0.331. The third-order valence-electron chi connectivity index (χ3n) is 1.15. The summed E-state index contributed by atoms with van der Waals surface area (Å²) >= 11 is 0. The normalized spacial score (nSPS) is 10.8. The predicted octanol–water partition coefficient (Wildman–Crippen LogP) is 1.57. The maximum atomic E-state index is 5.25. The van der Waals surface area contributed by atoms with Crippen LogP contribution in [0.4, 0.5) is 0 Å². The number of hydrogen-bond donors (Lipinski definition) is 0. The SMILES string of the molecule is CC(C)c1nnc(CP)o1. The molecule has 4 heteroatoms. The molecule has 56 valence electrons. The number of nitrogens with zero attached hydrogens (tertiary/aromatic N) is 2. The quantitative estimate of drug-likeness (QED) is 0.613. The van der Waals surface area contributed by atoms with Gasteiger partial charge >= 0.3 is 0 Å². The van der Waals surface area contributed by atoms with Crippen LogP contribution in [-0.4, -0.2) is 10.2 Å². The highest BCUT2D eigenvalue weighted by atomic mass is 31.0. The first-order valence-corrected chi connectivity index (χ1v) is 4.08. The average Bonchev–Trinajstić information content (AvgIpc) is 2.34. The van der Waals surface area contributed by atoms with Crippen molar-refractivity contribution >= 4 is 9.24 Å². The van der Waals surface area contributed by atoms with Gasteiger partial charge < -0.3 is 4.42 Å². The molecule has 0 fully saturated rings. The maximum absolute atomic E-state index is 5.25. The topological polar surface area (TPSA) is 38.9 Å². The molecule has 0 bridgehead atoms. The molecule has 1 heterocycles. The van der Waals surface area contributed by atoms with Crippen molar-refractivity contribution in [1.29, 1.82) is 0 Å². The highest BCUT2D eigenvalue weighted by molar-refractivity contribution is 7.15. The number of rotatable bonds is 2. The summed E-state index contributed by atoms with van der Waals surface area (Å²) in [5.74, 6) is 1.74. The molecule has 0 saturated carbocycles. The lowest BCUT2D eigenvalue weighted by molar-refractivity contribution is 0.445. The maximum Gasteiger partial charge on any atom is 0.220 e. The van der Waals surface area contributed by atoms with E-state index in [0.717, 1.165) is 12.1 Å². The number of hydrogen-bond acceptors (Lipinski definition) is 3. The van der Waals surface area contributed by atoms with Crippen molar-refractivity contribution in [2.45, 2.75) is 25.9 Å². The summed E-state index contributed by atoms with van der Waals surface area (Å²) in [6.07, 6.45) is 0.736. The lowest BCUT2D eigenvalue weighted by atomic mass is 10.2. The van der Waals surface area contributed by atoms with Crippen LogP contribution >= 0.6 is 9.24 Å². The Hall–Kier alpha value is -0.430. The Morgan fingerprint density at radius 2 is 2.20 bits per heavy atom. The third kappa shape index (κ3) is 1.54. The van der Waals surface area contributed by atoms with Crippen LogP contribution in [0.1, 0.15) is 31.5 Å². The zero-order valence-electron chi connectivity index (χ0n) is 6.16. The molecule has 0 aliphatic rings. The van der Waals surface area contributed by atoms with E-state index in [1.165, 1.54) is 0 Å². The molecule has 0 aliphatic carbocycles. The van der Waals surface area contributed by atoms with Gasteiger partial charge in [-0.25, -0.2) is 0 Å². The smallest absolute Gasteiger partial charge is 0.220 e. The second-order valence-corrected chi connectivity index (χ2v) is 2.80.